The number of nitrogens with zero attached hydrogens (tertiary/aromatic N) is 1. The SMILES string of the molecule is C[C@@H]1C/C(=N\NC(=O)C(N)=O)c2c(O)ccc(F)c21. The third-order valence-corrected chi connectivity index (χ3v) is 2.97. The molecule has 0 aliphatic heterocycles. The highest BCUT2D eigenvalue weighted by molar-refractivity contribution is 6.34. The predicted molar refractivity (Wildman–Crippen MR) is 65.0 cm³/mol. The number of benzene rings is 1. The second-order valence-corrected chi connectivity index (χ2v) is 4.32. The Morgan fingerprint density at radius 2 is 2.21 bits per heavy atom. The first-order valence-electron chi connectivity index (χ1n) is 5.60. The lowest BCUT2D eigenvalue weighted by Gasteiger charge is -2.06. The van der Waals surface area contributed by atoms with E-state index in [1.165, 1.54) is 12.1 Å². The minimum absolute atomic E-state index is 0.118. The van der Waals surface area contributed by atoms with Crippen LogP contribution in [0, 0.1) is 5.82 Å². The van der Waals surface area contributed by atoms with Crippen LogP contribution in [0.1, 0.15) is 30.4 Å². The van der Waals surface area contributed by atoms with Gasteiger partial charge in [-0.1, -0.05) is 6.92 Å². The van der Waals surface area contributed by atoms with Crippen LogP contribution in [0.5, 0.6) is 5.75 Å². The number of hydrogen-bond acceptors (Lipinski definition) is 4. The minimum atomic E-state index is -1.17. The van der Waals surface area contributed by atoms with Gasteiger partial charge in [-0.3, -0.25) is 9.59 Å². The molecule has 0 radical (unpaired) electrons. The molecule has 1 aliphatic rings. The van der Waals surface area contributed by atoms with Crippen LogP contribution in [0.3, 0.4) is 0 Å². The molecule has 6 nitrogen and oxygen atoms in total. The first-order chi connectivity index (χ1) is 8.91. The number of amides is 2. The van der Waals surface area contributed by atoms with Crippen LogP contribution in [-0.4, -0.2) is 22.6 Å². The molecule has 0 aromatic heterocycles. The number of fused-ring (bicyclic) bond motifs is 1. The van der Waals surface area contributed by atoms with Crippen LogP contribution in [-0.2, 0) is 9.59 Å². The largest absolute Gasteiger partial charge is 0.507 e. The van der Waals surface area contributed by atoms with E-state index in [9.17, 15) is 19.1 Å². The van der Waals surface area contributed by atoms with Gasteiger partial charge in [0.2, 0.25) is 0 Å². The van der Waals surface area contributed by atoms with E-state index in [0.29, 0.717) is 17.7 Å². The van der Waals surface area contributed by atoms with Gasteiger partial charge in [0.25, 0.3) is 0 Å². The number of nitrogens with two attached hydrogens (primary N) is 1. The molecular formula is C12H12FN3O3. The van der Waals surface area contributed by atoms with Crippen molar-refractivity contribution in [2.75, 3.05) is 0 Å². The molecule has 0 heterocycles. The molecule has 2 rings (SSSR count). The maximum absolute atomic E-state index is 13.7. The molecule has 1 aliphatic carbocycles. The van der Waals surface area contributed by atoms with Gasteiger partial charge in [-0.05, 0) is 24.5 Å². The van der Waals surface area contributed by atoms with Gasteiger partial charge in [0.1, 0.15) is 11.6 Å². The average Bonchev–Trinajstić information content (AvgIpc) is 2.69. The van der Waals surface area contributed by atoms with Gasteiger partial charge in [0, 0.05) is 11.1 Å². The molecule has 2 amide bonds. The highest BCUT2D eigenvalue weighted by Gasteiger charge is 2.30. The summed E-state index contributed by atoms with van der Waals surface area (Å²) in [5.74, 6) is -2.96. The molecule has 1 aromatic carbocycles. The lowest BCUT2D eigenvalue weighted by Crippen LogP contribution is -2.33. The Morgan fingerprint density at radius 3 is 2.84 bits per heavy atom. The summed E-state index contributed by atoms with van der Waals surface area (Å²) in [4.78, 5) is 21.6. The molecule has 0 saturated heterocycles. The first-order valence-corrected chi connectivity index (χ1v) is 5.60. The summed E-state index contributed by atoms with van der Waals surface area (Å²) in [6, 6.07) is 2.40. The van der Waals surface area contributed by atoms with E-state index in [2.05, 4.69) is 5.10 Å². The number of rotatable bonds is 1. The third-order valence-electron chi connectivity index (χ3n) is 2.97. The van der Waals surface area contributed by atoms with E-state index in [4.69, 9.17) is 5.73 Å². The Morgan fingerprint density at radius 1 is 1.53 bits per heavy atom. The fourth-order valence-corrected chi connectivity index (χ4v) is 2.14. The number of carbonyl (C=O) groups excluding carboxylic acids is 2. The van der Waals surface area contributed by atoms with Gasteiger partial charge in [0.15, 0.2) is 0 Å². The highest BCUT2D eigenvalue weighted by atomic mass is 19.1. The molecule has 1 aromatic rings. The average molecular weight is 265 g/mol. The van der Waals surface area contributed by atoms with Crippen LogP contribution in [0.4, 0.5) is 4.39 Å². The van der Waals surface area contributed by atoms with E-state index in [-0.39, 0.29) is 17.2 Å². The summed E-state index contributed by atoms with van der Waals surface area (Å²) in [5, 5.41) is 13.5. The molecule has 0 saturated carbocycles. The first kappa shape index (κ1) is 13.0. The molecule has 19 heavy (non-hydrogen) atoms. The number of phenolic OH excluding ortho intramolecular Hbond substituents is 1. The van der Waals surface area contributed by atoms with Crippen LogP contribution in [0.25, 0.3) is 0 Å². The predicted octanol–water partition coefficient (Wildman–Crippen LogP) is 0.344. The van der Waals surface area contributed by atoms with Crippen molar-refractivity contribution >= 4 is 17.5 Å². The van der Waals surface area contributed by atoms with Crippen LogP contribution in [0.15, 0.2) is 17.2 Å². The van der Waals surface area contributed by atoms with Crippen molar-refractivity contribution in [2.24, 2.45) is 10.8 Å². The van der Waals surface area contributed by atoms with Gasteiger partial charge in [0.05, 0.1) is 5.71 Å². The highest BCUT2D eigenvalue weighted by Crippen LogP contribution is 2.39. The van der Waals surface area contributed by atoms with Crippen molar-refractivity contribution < 1.29 is 19.1 Å². The van der Waals surface area contributed by atoms with E-state index in [1.54, 1.807) is 6.92 Å². The number of hydrogen-bond donors (Lipinski definition) is 3. The lowest BCUT2D eigenvalue weighted by atomic mass is 10.0. The summed E-state index contributed by atoms with van der Waals surface area (Å²) >= 11 is 0. The molecule has 100 valence electrons. The maximum Gasteiger partial charge on any atom is 0.329 e. The fourth-order valence-electron chi connectivity index (χ4n) is 2.14. The van der Waals surface area contributed by atoms with Gasteiger partial charge >= 0.3 is 11.8 Å². The summed E-state index contributed by atoms with van der Waals surface area (Å²) in [7, 11) is 0. The molecule has 0 unspecified atom stereocenters. The van der Waals surface area contributed by atoms with E-state index >= 15 is 0 Å². The second kappa shape index (κ2) is 4.68. The Hall–Kier alpha value is -2.44. The van der Waals surface area contributed by atoms with Crippen molar-refractivity contribution in [1.29, 1.82) is 0 Å². The Balaban J connectivity index is 2.39. The molecular weight excluding hydrogens is 253 g/mol. The number of nitrogens with one attached hydrogen (secondary N) is 1. The summed E-state index contributed by atoms with van der Waals surface area (Å²) in [6.07, 6.45) is 0.350. The van der Waals surface area contributed by atoms with Gasteiger partial charge < -0.3 is 10.8 Å². The number of hydrazone groups is 1. The van der Waals surface area contributed by atoms with Crippen LogP contribution < -0.4 is 11.2 Å². The minimum Gasteiger partial charge on any atom is -0.507 e. The van der Waals surface area contributed by atoms with E-state index in [1.807, 2.05) is 5.43 Å². The van der Waals surface area contributed by atoms with E-state index < -0.39 is 17.6 Å². The van der Waals surface area contributed by atoms with E-state index in [0.717, 1.165) is 0 Å². The standard InChI is InChI=1S/C12H12FN3O3/c1-5-4-7(15-16-12(19)11(14)18)10-8(17)3-2-6(13)9(5)10/h2-3,5,17H,4H2,1H3,(H2,14,18)(H,16,19)/b15-7+/t5-/m1/s1. The van der Waals surface area contributed by atoms with Crippen molar-refractivity contribution in [2.45, 2.75) is 19.3 Å². The molecule has 1 atom stereocenters. The Labute approximate surface area is 108 Å². The molecule has 4 N–H and O–H groups in total. The van der Waals surface area contributed by atoms with Gasteiger partial charge in [-0.15, -0.1) is 0 Å². The van der Waals surface area contributed by atoms with Crippen LogP contribution in [0.2, 0.25) is 0 Å². The van der Waals surface area contributed by atoms with Crippen molar-refractivity contribution in [3.63, 3.8) is 0 Å². The van der Waals surface area contributed by atoms with Crippen molar-refractivity contribution in [3.05, 3.63) is 29.1 Å². The second-order valence-electron chi connectivity index (χ2n) is 4.32. The van der Waals surface area contributed by atoms with Crippen molar-refractivity contribution in [3.8, 4) is 5.75 Å². The quantitative estimate of drug-likeness (QED) is 0.503. The number of carbonyl (C=O) groups is 2. The third kappa shape index (κ3) is 2.26. The van der Waals surface area contributed by atoms with Gasteiger partial charge in [-0.25, -0.2) is 9.82 Å². The zero-order valence-corrected chi connectivity index (χ0v) is 10.1. The topological polar surface area (TPSA) is 105 Å². The van der Waals surface area contributed by atoms with Crippen LogP contribution >= 0.6 is 0 Å². The number of primary amides is 1. The number of phenols is 1. The van der Waals surface area contributed by atoms with Gasteiger partial charge in [-0.2, -0.15) is 5.10 Å². The maximum atomic E-state index is 13.7. The number of halogens is 1. The fraction of sp³-hybridized carbons (Fsp3) is 0.250. The number of aromatic hydroxyl groups is 1. The molecule has 0 spiro atoms. The Bertz CT molecular complexity index is 598. The summed E-state index contributed by atoms with van der Waals surface area (Å²) < 4.78 is 13.7. The zero-order valence-electron chi connectivity index (χ0n) is 10.1. The summed E-state index contributed by atoms with van der Waals surface area (Å²) in [5.41, 5.74) is 7.67. The molecule has 0 fully saturated rings. The monoisotopic (exact) mass is 265 g/mol. The normalized spacial score (nSPS) is 19.3. The molecule has 7 heteroatoms. The Kier molecular flexibility index (Phi) is 3.20. The zero-order chi connectivity index (χ0) is 14.2. The lowest BCUT2D eigenvalue weighted by molar-refractivity contribution is -0.137. The smallest absolute Gasteiger partial charge is 0.329 e. The van der Waals surface area contributed by atoms with Crippen molar-refractivity contribution in [1.82, 2.24) is 5.43 Å². The molecule has 0 bridgehead atoms. The summed E-state index contributed by atoms with van der Waals surface area (Å²) in [6.45, 7) is 1.78.